The normalized spacial score (nSPS) is 16.1. The summed E-state index contributed by atoms with van der Waals surface area (Å²) < 4.78 is 0. The summed E-state index contributed by atoms with van der Waals surface area (Å²) in [6.07, 6.45) is 7.35. The lowest BCUT2D eigenvalue weighted by Gasteiger charge is -1.68. The minimum Gasteiger partial charge on any atom is -0.192 e. The molecule has 0 saturated heterocycles. The van der Waals surface area contributed by atoms with E-state index in [-0.39, 0.29) is 0 Å². The van der Waals surface area contributed by atoms with Crippen LogP contribution in [0, 0.1) is 17.4 Å². The Morgan fingerprint density at radius 3 is 3.00 bits per heavy atom. The molecule has 0 bridgehead atoms. The number of hydrogen-bond acceptors (Lipinski definition) is 1. The van der Waals surface area contributed by atoms with Crippen molar-refractivity contribution in [2.45, 2.75) is 6.42 Å². The Balaban J connectivity index is 2.75. The predicted molar refractivity (Wildman–Crippen MR) is 26.1 cm³/mol. The molecule has 1 radical (unpaired) electrons. The van der Waals surface area contributed by atoms with Crippen molar-refractivity contribution in [1.82, 2.24) is 0 Å². The Kier molecular flexibility index (Phi) is 0.953. The van der Waals surface area contributed by atoms with E-state index in [1.165, 1.54) is 0 Å². The molecule has 1 rings (SSSR count). The molecule has 0 aromatic rings. The summed E-state index contributed by atoms with van der Waals surface area (Å²) in [7, 11) is 0. The highest BCUT2D eigenvalue weighted by Gasteiger charge is 1.91. The van der Waals surface area contributed by atoms with Gasteiger partial charge in [-0.1, -0.05) is 6.08 Å². The summed E-state index contributed by atoms with van der Waals surface area (Å²) in [6, 6.07) is 1.98. The number of nitrogens with zero attached hydrogens (tertiary/aromatic N) is 1. The van der Waals surface area contributed by atoms with Crippen LogP contribution in [-0.2, 0) is 0 Å². The third-order valence-corrected chi connectivity index (χ3v) is 0.815. The molecule has 0 spiro atoms. The van der Waals surface area contributed by atoms with Crippen LogP contribution in [0.3, 0.4) is 0 Å². The topological polar surface area (TPSA) is 23.8 Å². The van der Waals surface area contributed by atoms with Crippen LogP contribution in [0.5, 0.6) is 0 Å². The smallest absolute Gasteiger partial charge is 0.0994 e. The summed E-state index contributed by atoms with van der Waals surface area (Å²) in [4.78, 5) is 0. The van der Waals surface area contributed by atoms with Crippen molar-refractivity contribution < 1.29 is 0 Å². The monoisotopic (exact) mass is 90.0 g/mol. The molecule has 0 fully saturated rings. The van der Waals surface area contributed by atoms with Crippen molar-refractivity contribution in [3.05, 3.63) is 23.8 Å². The van der Waals surface area contributed by atoms with Gasteiger partial charge in [-0.2, -0.15) is 5.26 Å². The number of hydrogen-bond donors (Lipinski definition) is 0. The van der Waals surface area contributed by atoms with Gasteiger partial charge in [-0.05, 0) is 18.6 Å². The van der Waals surface area contributed by atoms with Gasteiger partial charge in [-0.25, -0.2) is 0 Å². The fraction of sp³-hybridized carbons (Fsp3) is 0.167. The van der Waals surface area contributed by atoms with Gasteiger partial charge >= 0.3 is 0 Å². The first-order chi connectivity index (χ1) is 3.43. The second-order valence-electron chi connectivity index (χ2n) is 1.31. The van der Waals surface area contributed by atoms with E-state index in [2.05, 4.69) is 6.08 Å². The summed E-state index contributed by atoms with van der Waals surface area (Å²) in [5.41, 5.74) is 0.667. The fourth-order valence-corrected chi connectivity index (χ4v) is 0.481. The lowest BCUT2D eigenvalue weighted by Crippen LogP contribution is -1.59. The van der Waals surface area contributed by atoms with Crippen molar-refractivity contribution >= 4 is 0 Å². The van der Waals surface area contributed by atoms with Crippen LogP contribution >= 0.6 is 0 Å². The van der Waals surface area contributed by atoms with Gasteiger partial charge in [0.2, 0.25) is 0 Å². The van der Waals surface area contributed by atoms with Crippen molar-refractivity contribution in [3.8, 4) is 6.07 Å². The minimum atomic E-state index is 0.667. The van der Waals surface area contributed by atoms with Gasteiger partial charge in [0.05, 0.1) is 11.6 Å². The molecule has 0 N–H and O–H groups in total. The van der Waals surface area contributed by atoms with Crippen molar-refractivity contribution in [2.24, 2.45) is 0 Å². The van der Waals surface area contributed by atoms with Gasteiger partial charge in [0.1, 0.15) is 0 Å². The van der Waals surface area contributed by atoms with E-state index in [1.54, 1.807) is 6.08 Å². The van der Waals surface area contributed by atoms with E-state index in [0.717, 1.165) is 6.42 Å². The highest BCUT2D eigenvalue weighted by atomic mass is 14.2. The summed E-state index contributed by atoms with van der Waals surface area (Å²) in [6.45, 7) is 0. The zero-order valence-electron chi connectivity index (χ0n) is 3.81. The molecule has 0 aliphatic heterocycles. The largest absolute Gasteiger partial charge is 0.192 e. The Bertz CT molecular complexity index is 158. The minimum absolute atomic E-state index is 0.667. The molecule has 0 aromatic heterocycles. The zero-order chi connectivity index (χ0) is 5.11. The number of rotatable bonds is 0. The fourth-order valence-electron chi connectivity index (χ4n) is 0.481. The molecule has 33 valence electrons. The molecule has 1 heteroatoms. The van der Waals surface area contributed by atoms with E-state index >= 15 is 0 Å². The molecular weight excluding hydrogens is 86.1 g/mol. The Labute approximate surface area is 42.6 Å². The molecule has 0 amide bonds. The average molecular weight is 90.1 g/mol. The highest BCUT2D eigenvalue weighted by Crippen LogP contribution is 2.04. The Morgan fingerprint density at radius 2 is 2.71 bits per heavy atom. The molecule has 0 unspecified atom stereocenters. The van der Waals surface area contributed by atoms with Crippen LogP contribution in [0.2, 0.25) is 0 Å². The summed E-state index contributed by atoms with van der Waals surface area (Å²) in [5.74, 6) is 0. The molecule has 1 aliphatic carbocycles. The van der Waals surface area contributed by atoms with Gasteiger partial charge in [-0.15, -0.1) is 0 Å². The van der Waals surface area contributed by atoms with Crippen LogP contribution in [0.1, 0.15) is 6.42 Å². The van der Waals surface area contributed by atoms with Crippen LogP contribution in [0.25, 0.3) is 0 Å². The van der Waals surface area contributed by atoms with Gasteiger partial charge in [0.15, 0.2) is 0 Å². The Hall–Kier alpha value is -1.03. The first kappa shape index (κ1) is 4.14. The predicted octanol–water partition coefficient (Wildman–Crippen LogP) is 1.20. The maximum atomic E-state index is 8.17. The number of nitriles is 1. The third-order valence-electron chi connectivity index (χ3n) is 0.815. The third kappa shape index (κ3) is 0.690. The second-order valence-corrected chi connectivity index (χ2v) is 1.31. The first-order valence-electron chi connectivity index (χ1n) is 2.11. The lowest BCUT2D eigenvalue weighted by atomic mass is 10.3. The molecule has 0 heterocycles. The van der Waals surface area contributed by atoms with Gasteiger partial charge < -0.3 is 0 Å². The zero-order valence-corrected chi connectivity index (χ0v) is 3.81. The van der Waals surface area contributed by atoms with E-state index in [9.17, 15) is 0 Å². The molecule has 0 aromatic carbocycles. The van der Waals surface area contributed by atoms with Gasteiger partial charge in [0.25, 0.3) is 0 Å². The maximum Gasteiger partial charge on any atom is 0.0994 e. The van der Waals surface area contributed by atoms with Crippen molar-refractivity contribution in [3.63, 3.8) is 0 Å². The van der Waals surface area contributed by atoms with Crippen LogP contribution in [-0.4, -0.2) is 0 Å². The summed E-state index contributed by atoms with van der Waals surface area (Å²) >= 11 is 0. The summed E-state index contributed by atoms with van der Waals surface area (Å²) in [5, 5.41) is 8.17. The molecule has 1 nitrogen and oxygen atoms in total. The second kappa shape index (κ2) is 1.61. The molecule has 0 saturated carbocycles. The van der Waals surface area contributed by atoms with Crippen molar-refractivity contribution in [2.75, 3.05) is 0 Å². The van der Waals surface area contributed by atoms with Crippen LogP contribution < -0.4 is 0 Å². The first-order valence-corrected chi connectivity index (χ1v) is 2.11. The van der Waals surface area contributed by atoms with E-state index in [4.69, 9.17) is 5.26 Å². The SMILES string of the molecule is N#CC1=[C]CC=C1. The van der Waals surface area contributed by atoms with Gasteiger partial charge in [-0.3, -0.25) is 0 Å². The average Bonchev–Trinajstić information content (AvgIpc) is 2.14. The van der Waals surface area contributed by atoms with E-state index < -0.39 is 0 Å². The standard InChI is InChI=1S/C6H4N/c7-5-6-3-1-2-4-6/h1,3H,2H2. The number of allylic oxidation sites excluding steroid dienone is 4. The van der Waals surface area contributed by atoms with E-state index in [0.29, 0.717) is 5.57 Å². The van der Waals surface area contributed by atoms with Crippen molar-refractivity contribution in [1.29, 1.82) is 5.26 Å². The molecule has 7 heavy (non-hydrogen) atoms. The lowest BCUT2D eigenvalue weighted by molar-refractivity contribution is 1.38. The quantitative estimate of drug-likeness (QED) is 0.438. The highest BCUT2D eigenvalue weighted by molar-refractivity contribution is 5.34. The maximum absolute atomic E-state index is 8.17. The Morgan fingerprint density at radius 1 is 1.86 bits per heavy atom. The van der Waals surface area contributed by atoms with Crippen LogP contribution in [0.4, 0.5) is 0 Å². The molecular formula is C6H4N. The molecule has 1 aliphatic rings. The molecule has 0 atom stereocenters. The van der Waals surface area contributed by atoms with E-state index in [1.807, 2.05) is 12.1 Å². The van der Waals surface area contributed by atoms with Crippen LogP contribution in [0.15, 0.2) is 17.7 Å². The van der Waals surface area contributed by atoms with Gasteiger partial charge in [0, 0.05) is 0 Å².